The van der Waals surface area contributed by atoms with Crippen molar-refractivity contribution in [3.05, 3.63) is 23.8 Å². The average molecular weight is 250 g/mol. The second-order valence-corrected chi connectivity index (χ2v) is 4.72. The molecule has 0 radical (unpaired) electrons. The lowest BCUT2D eigenvalue weighted by Crippen LogP contribution is -2.39. The SMILES string of the molecule is CCC(CC1OC(C)O1)c1ccc2c(c1)OCO2. The monoisotopic (exact) mass is 250 g/mol. The Balaban J connectivity index is 1.71. The topological polar surface area (TPSA) is 36.9 Å². The van der Waals surface area contributed by atoms with E-state index in [2.05, 4.69) is 19.1 Å². The highest BCUT2D eigenvalue weighted by Crippen LogP contribution is 2.37. The molecule has 3 rings (SSSR count). The molecule has 1 atom stereocenters. The first kappa shape index (κ1) is 11.8. The minimum atomic E-state index is -0.0598. The largest absolute Gasteiger partial charge is 0.454 e. The number of rotatable bonds is 4. The Morgan fingerprint density at radius 3 is 2.72 bits per heavy atom. The van der Waals surface area contributed by atoms with E-state index in [1.807, 2.05) is 13.0 Å². The molecule has 0 aliphatic carbocycles. The fourth-order valence-electron chi connectivity index (χ4n) is 2.49. The summed E-state index contributed by atoms with van der Waals surface area (Å²) >= 11 is 0. The van der Waals surface area contributed by atoms with Crippen LogP contribution in [0.3, 0.4) is 0 Å². The number of ether oxygens (including phenoxy) is 4. The van der Waals surface area contributed by atoms with Gasteiger partial charge in [-0.15, -0.1) is 0 Å². The third kappa shape index (κ3) is 2.18. The summed E-state index contributed by atoms with van der Waals surface area (Å²) in [7, 11) is 0. The summed E-state index contributed by atoms with van der Waals surface area (Å²) in [6, 6.07) is 6.15. The van der Waals surface area contributed by atoms with Crippen molar-refractivity contribution >= 4 is 0 Å². The normalized spacial score (nSPS) is 26.8. The predicted molar refractivity (Wildman–Crippen MR) is 65.6 cm³/mol. The van der Waals surface area contributed by atoms with Crippen LogP contribution in [0.5, 0.6) is 11.5 Å². The highest BCUT2D eigenvalue weighted by atomic mass is 16.9. The number of fused-ring (bicyclic) bond motifs is 1. The smallest absolute Gasteiger partial charge is 0.231 e. The maximum Gasteiger partial charge on any atom is 0.231 e. The molecule has 0 N–H and O–H groups in total. The van der Waals surface area contributed by atoms with Crippen LogP contribution in [0.25, 0.3) is 0 Å². The second kappa shape index (κ2) is 4.78. The Hall–Kier alpha value is -1.26. The molecule has 98 valence electrons. The van der Waals surface area contributed by atoms with Crippen molar-refractivity contribution in [2.24, 2.45) is 0 Å². The van der Waals surface area contributed by atoms with Crippen molar-refractivity contribution in [2.45, 2.75) is 45.2 Å². The third-order valence-electron chi connectivity index (χ3n) is 3.52. The van der Waals surface area contributed by atoms with Gasteiger partial charge in [0.1, 0.15) is 0 Å². The van der Waals surface area contributed by atoms with Crippen molar-refractivity contribution in [1.29, 1.82) is 0 Å². The zero-order valence-electron chi connectivity index (χ0n) is 10.7. The Morgan fingerprint density at radius 2 is 2.00 bits per heavy atom. The van der Waals surface area contributed by atoms with Crippen LogP contribution in [-0.4, -0.2) is 19.4 Å². The van der Waals surface area contributed by atoms with Crippen LogP contribution < -0.4 is 9.47 Å². The minimum Gasteiger partial charge on any atom is -0.454 e. The lowest BCUT2D eigenvalue weighted by molar-refractivity contribution is -0.378. The predicted octanol–water partition coefficient (Wildman–Crippen LogP) is 3.02. The summed E-state index contributed by atoms with van der Waals surface area (Å²) in [6.45, 7) is 4.41. The van der Waals surface area contributed by atoms with Gasteiger partial charge in [0.05, 0.1) is 0 Å². The van der Waals surface area contributed by atoms with E-state index >= 15 is 0 Å². The first-order valence-electron chi connectivity index (χ1n) is 6.46. The van der Waals surface area contributed by atoms with E-state index in [-0.39, 0.29) is 12.6 Å². The molecule has 1 fully saturated rings. The van der Waals surface area contributed by atoms with Gasteiger partial charge in [-0.3, -0.25) is 0 Å². The summed E-state index contributed by atoms with van der Waals surface area (Å²) in [5, 5.41) is 0. The summed E-state index contributed by atoms with van der Waals surface area (Å²) in [5.74, 6) is 2.10. The first-order chi connectivity index (χ1) is 8.76. The van der Waals surface area contributed by atoms with Crippen molar-refractivity contribution in [3.8, 4) is 11.5 Å². The van der Waals surface area contributed by atoms with Gasteiger partial charge in [0.25, 0.3) is 0 Å². The highest BCUT2D eigenvalue weighted by molar-refractivity contribution is 5.45. The molecule has 2 heterocycles. The van der Waals surface area contributed by atoms with Crippen molar-refractivity contribution in [3.63, 3.8) is 0 Å². The van der Waals surface area contributed by atoms with Crippen molar-refractivity contribution in [1.82, 2.24) is 0 Å². The summed E-state index contributed by atoms with van der Waals surface area (Å²) < 4.78 is 21.7. The van der Waals surface area contributed by atoms with Crippen LogP contribution in [0.15, 0.2) is 18.2 Å². The van der Waals surface area contributed by atoms with E-state index in [9.17, 15) is 0 Å². The van der Waals surface area contributed by atoms with Gasteiger partial charge in [-0.05, 0) is 37.0 Å². The molecule has 0 amide bonds. The summed E-state index contributed by atoms with van der Waals surface area (Å²) in [5.41, 5.74) is 1.26. The number of hydrogen-bond donors (Lipinski definition) is 0. The molecule has 0 aromatic heterocycles. The van der Waals surface area contributed by atoms with Gasteiger partial charge < -0.3 is 18.9 Å². The van der Waals surface area contributed by atoms with Gasteiger partial charge in [-0.25, -0.2) is 0 Å². The van der Waals surface area contributed by atoms with E-state index in [4.69, 9.17) is 18.9 Å². The molecule has 1 aromatic rings. The molecule has 4 heteroatoms. The third-order valence-corrected chi connectivity index (χ3v) is 3.52. The Labute approximate surface area is 107 Å². The average Bonchev–Trinajstić information content (AvgIpc) is 2.80. The van der Waals surface area contributed by atoms with Crippen LogP contribution in [0.2, 0.25) is 0 Å². The van der Waals surface area contributed by atoms with Gasteiger partial charge in [-0.1, -0.05) is 13.0 Å². The molecule has 2 aliphatic heterocycles. The molecule has 0 saturated carbocycles. The highest BCUT2D eigenvalue weighted by Gasteiger charge is 2.30. The maximum absolute atomic E-state index is 5.51. The van der Waals surface area contributed by atoms with Gasteiger partial charge in [0.15, 0.2) is 24.1 Å². The van der Waals surface area contributed by atoms with Crippen LogP contribution in [0.1, 0.15) is 38.2 Å². The zero-order valence-corrected chi connectivity index (χ0v) is 10.7. The van der Waals surface area contributed by atoms with E-state index in [0.717, 1.165) is 24.3 Å². The van der Waals surface area contributed by atoms with E-state index < -0.39 is 0 Å². The number of benzene rings is 1. The van der Waals surface area contributed by atoms with E-state index in [1.54, 1.807) is 0 Å². The fraction of sp³-hybridized carbons (Fsp3) is 0.571. The molecule has 18 heavy (non-hydrogen) atoms. The van der Waals surface area contributed by atoms with E-state index in [1.165, 1.54) is 5.56 Å². The lowest BCUT2D eigenvalue weighted by atomic mass is 9.92. The first-order valence-corrected chi connectivity index (χ1v) is 6.46. The molecule has 1 saturated heterocycles. The maximum atomic E-state index is 5.51. The molecular formula is C14H18O4. The number of hydrogen-bond acceptors (Lipinski definition) is 4. The summed E-state index contributed by atoms with van der Waals surface area (Å²) in [4.78, 5) is 0. The summed E-state index contributed by atoms with van der Waals surface area (Å²) in [6.07, 6.45) is 1.83. The zero-order chi connectivity index (χ0) is 12.5. The van der Waals surface area contributed by atoms with Crippen LogP contribution in [0.4, 0.5) is 0 Å². The van der Waals surface area contributed by atoms with Crippen molar-refractivity contribution in [2.75, 3.05) is 6.79 Å². The Bertz CT molecular complexity index is 426. The van der Waals surface area contributed by atoms with Crippen LogP contribution in [-0.2, 0) is 9.47 Å². The second-order valence-electron chi connectivity index (χ2n) is 4.72. The van der Waals surface area contributed by atoms with Crippen molar-refractivity contribution < 1.29 is 18.9 Å². The van der Waals surface area contributed by atoms with Gasteiger partial charge in [0.2, 0.25) is 6.79 Å². The molecule has 0 bridgehead atoms. The van der Waals surface area contributed by atoms with E-state index in [0.29, 0.717) is 12.7 Å². The standard InChI is InChI=1S/C14H18O4/c1-3-10(7-14-17-9(2)18-14)11-4-5-12-13(6-11)16-8-15-12/h4-6,9-10,14H,3,7-8H2,1-2H3. The molecule has 4 nitrogen and oxygen atoms in total. The molecule has 2 aliphatic rings. The quantitative estimate of drug-likeness (QED) is 0.823. The van der Waals surface area contributed by atoms with Gasteiger partial charge in [-0.2, -0.15) is 0 Å². The van der Waals surface area contributed by atoms with Gasteiger partial charge in [0, 0.05) is 6.42 Å². The molecule has 0 spiro atoms. The molecule has 1 aromatic carbocycles. The Kier molecular flexibility index (Phi) is 3.14. The molecule has 1 unspecified atom stereocenters. The molecular weight excluding hydrogens is 232 g/mol. The van der Waals surface area contributed by atoms with Crippen LogP contribution >= 0.6 is 0 Å². The lowest BCUT2D eigenvalue weighted by Gasteiger charge is -2.35. The van der Waals surface area contributed by atoms with Crippen LogP contribution in [0, 0.1) is 0 Å². The minimum absolute atomic E-state index is 0.0516. The fourth-order valence-corrected chi connectivity index (χ4v) is 2.49. The Morgan fingerprint density at radius 1 is 1.22 bits per heavy atom. The van der Waals surface area contributed by atoms with Gasteiger partial charge >= 0.3 is 0 Å².